The number of hydrogen-bond acceptors (Lipinski definition) is 4. The van der Waals surface area contributed by atoms with Gasteiger partial charge in [-0.3, -0.25) is 4.79 Å². The van der Waals surface area contributed by atoms with Crippen LogP contribution in [-0.4, -0.2) is 38.5 Å². The molecule has 5 nitrogen and oxygen atoms in total. The number of aromatic nitrogens is 1. The third-order valence-electron chi connectivity index (χ3n) is 3.20. The molecular weight excluding hydrogens is 256 g/mol. The molecule has 0 aliphatic rings. The van der Waals surface area contributed by atoms with Crippen LogP contribution in [0.5, 0.6) is 0 Å². The SMILES string of the molecule is COCCNCc1ccc(C(C)C)n(CCOC)c1=O. The first-order valence-corrected chi connectivity index (χ1v) is 7.03. The Labute approximate surface area is 120 Å². The van der Waals surface area contributed by atoms with Gasteiger partial charge in [0.25, 0.3) is 5.56 Å². The standard InChI is InChI=1S/C15H26N2O3/c1-12(2)14-6-5-13(11-16-7-9-19-3)15(18)17(14)8-10-20-4/h5-6,12,16H,7-11H2,1-4H3. The number of methoxy groups -OCH3 is 2. The van der Waals surface area contributed by atoms with Crippen molar-refractivity contribution in [2.45, 2.75) is 32.9 Å². The molecule has 5 heteroatoms. The van der Waals surface area contributed by atoms with Crippen molar-refractivity contribution in [3.63, 3.8) is 0 Å². The average molecular weight is 282 g/mol. The number of ether oxygens (including phenoxy) is 2. The first-order chi connectivity index (χ1) is 9.61. The Morgan fingerprint density at radius 1 is 1.20 bits per heavy atom. The summed E-state index contributed by atoms with van der Waals surface area (Å²) in [4.78, 5) is 12.5. The van der Waals surface area contributed by atoms with E-state index >= 15 is 0 Å². The lowest BCUT2D eigenvalue weighted by molar-refractivity contribution is 0.184. The van der Waals surface area contributed by atoms with Gasteiger partial charge in [-0.05, 0) is 12.0 Å². The minimum Gasteiger partial charge on any atom is -0.383 e. The molecule has 114 valence electrons. The van der Waals surface area contributed by atoms with Crippen molar-refractivity contribution < 1.29 is 9.47 Å². The van der Waals surface area contributed by atoms with Crippen LogP contribution in [0.2, 0.25) is 0 Å². The number of nitrogens with zero attached hydrogens (tertiary/aromatic N) is 1. The van der Waals surface area contributed by atoms with E-state index in [1.807, 2.05) is 16.7 Å². The van der Waals surface area contributed by atoms with Crippen LogP contribution in [0, 0.1) is 0 Å². The summed E-state index contributed by atoms with van der Waals surface area (Å²) in [7, 11) is 3.31. The number of nitrogens with one attached hydrogen (secondary N) is 1. The van der Waals surface area contributed by atoms with Crippen molar-refractivity contribution in [1.82, 2.24) is 9.88 Å². The van der Waals surface area contributed by atoms with Gasteiger partial charge in [-0.2, -0.15) is 0 Å². The summed E-state index contributed by atoms with van der Waals surface area (Å²) >= 11 is 0. The van der Waals surface area contributed by atoms with Crippen LogP contribution in [0.3, 0.4) is 0 Å². The van der Waals surface area contributed by atoms with Gasteiger partial charge in [-0.25, -0.2) is 0 Å². The lowest BCUT2D eigenvalue weighted by Gasteiger charge is -2.17. The molecule has 0 bridgehead atoms. The molecule has 1 rings (SSSR count). The van der Waals surface area contributed by atoms with Crippen LogP contribution < -0.4 is 10.9 Å². The Hall–Kier alpha value is -1.17. The van der Waals surface area contributed by atoms with Gasteiger partial charge < -0.3 is 19.4 Å². The van der Waals surface area contributed by atoms with Crippen LogP contribution in [-0.2, 0) is 22.6 Å². The largest absolute Gasteiger partial charge is 0.383 e. The maximum absolute atomic E-state index is 12.5. The molecule has 0 aliphatic heterocycles. The van der Waals surface area contributed by atoms with Gasteiger partial charge in [0, 0.05) is 45.1 Å². The smallest absolute Gasteiger partial charge is 0.255 e. The molecular formula is C15H26N2O3. The van der Waals surface area contributed by atoms with E-state index < -0.39 is 0 Å². The fourth-order valence-corrected chi connectivity index (χ4v) is 2.09. The molecule has 0 aromatic carbocycles. The molecule has 0 aliphatic carbocycles. The van der Waals surface area contributed by atoms with E-state index in [4.69, 9.17) is 9.47 Å². The highest BCUT2D eigenvalue weighted by molar-refractivity contribution is 5.18. The van der Waals surface area contributed by atoms with Gasteiger partial charge in [0.1, 0.15) is 0 Å². The van der Waals surface area contributed by atoms with E-state index in [0.29, 0.717) is 32.2 Å². The van der Waals surface area contributed by atoms with E-state index in [-0.39, 0.29) is 5.56 Å². The van der Waals surface area contributed by atoms with Gasteiger partial charge in [-0.15, -0.1) is 0 Å². The topological polar surface area (TPSA) is 52.5 Å². The zero-order valence-corrected chi connectivity index (χ0v) is 12.9. The van der Waals surface area contributed by atoms with Crippen molar-refractivity contribution in [2.75, 3.05) is 34.0 Å². The molecule has 0 saturated carbocycles. The highest BCUT2D eigenvalue weighted by Crippen LogP contribution is 2.13. The number of hydrogen-bond donors (Lipinski definition) is 1. The zero-order chi connectivity index (χ0) is 15.0. The second-order valence-electron chi connectivity index (χ2n) is 5.06. The summed E-state index contributed by atoms with van der Waals surface area (Å²) in [6, 6.07) is 3.95. The second-order valence-corrected chi connectivity index (χ2v) is 5.06. The fraction of sp³-hybridized carbons (Fsp3) is 0.667. The maximum atomic E-state index is 12.5. The molecule has 0 spiro atoms. The first kappa shape index (κ1) is 16.9. The van der Waals surface area contributed by atoms with Crippen molar-refractivity contribution in [2.24, 2.45) is 0 Å². The fourth-order valence-electron chi connectivity index (χ4n) is 2.09. The molecule has 0 amide bonds. The number of pyridine rings is 1. The zero-order valence-electron chi connectivity index (χ0n) is 12.9. The Kier molecular flexibility index (Phi) is 7.51. The quantitative estimate of drug-likeness (QED) is 0.695. The van der Waals surface area contributed by atoms with Gasteiger partial charge in [0.15, 0.2) is 0 Å². The monoisotopic (exact) mass is 282 g/mol. The summed E-state index contributed by atoms with van der Waals surface area (Å²) in [5.41, 5.74) is 1.90. The average Bonchev–Trinajstić information content (AvgIpc) is 2.43. The van der Waals surface area contributed by atoms with Crippen LogP contribution >= 0.6 is 0 Å². The Morgan fingerprint density at radius 2 is 1.90 bits per heavy atom. The molecule has 0 atom stereocenters. The van der Waals surface area contributed by atoms with E-state index in [1.54, 1.807) is 14.2 Å². The normalized spacial score (nSPS) is 11.2. The molecule has 0 fully saturated rings. The minimum atomic E-state index is 0.0677. The van der Waals surface area contributed by atoms with Crippen molar-refractivity contribution in [3.05, 3.63) is 33.7 Å². The summed E-state index contributed by atoms with van der Waals surface area (Å²) < 4.78 is 11.9. The third-order valence-corrected chi connectivity index (χ3v) is 3.20. The van der Waals surface area contributed by atoms with E-state index in [9.17, 15) is 4.79 Å². The minimum absolute atomic E-state index is 0.0677. The third kappa shape index (κ3) is 4.74. The number of rotatable bonds is 9. The van der Waals surface area contributed by atoms with Crippen LogP contribution in [0.25, 0.3) is 0 Å². The summed E-state index contributed by atoms with van der Waals surface area (Å²) in [5.74, 6) is 0.315. The highest BCUT2D eigenvalue weighted by Gasteiger charge is 2.11. The van der Waals surface area contributed by atoms with Gasteiger partial charge in [0.2, 0.25) is 0 Å². The summed E-state index contributed by atoms with van der Waals surface area (Å²) in [6.45, 7) is 7.26. The predicted octanol–water partition coefficient (Wildman–Crippen LogP) is 1.35. The van der Waals surface area contributed by atoms with E-state index in [1.165, 1.54) is 0 Å². The summed E-state index contributed by atoms with van der Waals surface area (Å²) in [6.07, 6.45) is 0. The first-order valence-electron chi connectivity index (χ1n) is 7.03. The molecule has 1 heterocycles. The highest BCUT2D eigenvalue weighted by atomic mass is 16.5. The molecule has 0 saturated heterocycles. The van der Waals surface area contributed by atoms with Gasteiger partial charge in [0.05, 0.1) is 13.2 Å². The molecule has 1 aromatic rings. The second kappa shape index (κ2) is 8.89. The Bertz CT molecular complexity index is 455. The predicted molar refractivity (Wildman–Crippen MR) is 80.2 cm³/mol. The van der Waals surface area contributed by atoms with Crippen molar-refractivity contribution in [1.29, 1.82) is 0 Å². The van der Waals surface area contributed by atoms with Crippen LogP contribution in [0.1, 0.15) is 31.0 Å². The molecule has 20 heavy (non-hydrogen) atoms. The van der Waals surface area contributed by atoms with Crippen LogP contribution in [0.4, 0.5) is 0 Å². The van der Waals surface area contributed by atoms with Crippen LogP contribution in [0.15, 0.2) is 16.9 Å². The van der Waals surface area contributed by atoms with Gasteiger partial charge in [-0.1, -0.05) is 19.9 Å². The Morgan fingerprint density at radius 3 is 2.50 bits per heavy atom. The molecule has 1 N–H and O–H groups in total. The lowest BCUT2D eigenvalue weighted by Crippen LogP contribution is -2.31. The molecule has 1 aromatic heterocycles. The molecule has 0 radical (unpaired) electrons. The van der Waals surface area contributed by atoms with Gasteiger partial charge >= 0.3 is 0 Å². The maximum Gasteiger partial charge on any atom is 0.255 e. The van der Waals surface area contributed by atoms with E-state index in [2.05, 4.69) is 19.2 Å². The lowest BCUT2D eigenvalue weighted by atomic mass is 10.1. The van der Waals surface area contributed by atoms with E-state index in [0.717, 1.165) is 17.8 Å². The summed E-state index contributed by atoms with van der Waals surface area (Å²) in [5, 5.41) is 3.21. The molecule has 0 unspecified atom stereocenters. The van der Waals surface area contributed by atoms with Crippen molar-refractivity contribution >= 4 is 0 Å². The van der Waals surface area contributed by atoms with Crippen molar-refractivity contribution in [3.8, 4) is 0 Å². The Balaban J connectivity index is 2.89.